The van der Waals surface area contributed by atoms with E-state index in [0.717, 1.165) is 11.1 Å². The van der Waals surface area contributed by atoms with Gasteiger partial charge in [0.15, 0.2) is 6.61 Å². The second kappa shape index (κ2) is 8.64. The van der Waals surface area contributed by atoms with Crippen LogP contribution in [-0.4, -0.2) is 23.7 Å². The Bertz CT molecular complexity index is 861. The van der Waals surface area contributed by atoms with Gasteiger partial charge in [-0.3, -0.25) is 14.9 Å². The molecule has 2 rings (SSSR count). The first-order chi connectivity index (χ1) is 12.3. The molecule has 9 heteroatoms. The number of halogens is 2. The van der Waals surface area contributed by atoms with Crippen molar-refractivity contribution >= 4 is 41.0 Å². The summed E-state index contributed by atoms with van der Waals surface area (Å²) >= 11 is 11.9. The molecule has 0 heterocycles. The molecule has 1 N–H and O–H groups in total. The number of hydrogen-bond acceptors (Lipinski definition) is 5. The quantitative estimate of drug-likeness (QED) is 0.453. The van der Waals surface area contributed by atoms with E-state index in [2.05, 4.69) is 10.5 Å². The molecule has 0 unspecified atom stereocenters. The summed E-state index contributed by atoms with van der Waals surface area (Å²) in [5.41, 5.74) is 4.32. The Kier molecular flexibility index (Phi) is 6.54. The zero-order chi connectivity index (χ0) is 19.3. The number of hydrazone groups is 1. The van der Waals surface area contributed by atoms with Crippen LogP contribution < -0.4 is 10.2 Å². The number of amides is 1. The third kappa shape index (κ3) is 5.18. The van der Waals surface area contributed by atoms with E-state index >= 15 is 0 Å². The number of hydrogen-bond donors (Lipinski definition) is 1. The summed E-state index contributed by atoms with van der Waals surface area (Å²) in [6.45, 7) is 3.47. The van der Waals surface area contributed by atoms with Crippen molar-refractivity contribution in [3.05, 3.63) is 67.2 Å². The fourth-order valence-electron chi connectivity index (χ4n) is 2.10. The highest BCUT2D eigenvalue weighted by molar-refractivity contribution is 6.33. The molecule has 0 atom stereocenters. The third-order valence-electron chi connectivity index (χ3n) is 3.35. The number of ether oxygens (including phenoxy) is 1. The minimum absolute atomic E-state index is 0.0120. The molecule has 26 heavy (non-hydrogen) atoms. The Morgan fingerprint density at radius 3 is 2.50 bits per heavy atom. The minimum atomic E-state index is -0.581. The molecule has 0 saturated carbocycles. The van der Waals surface area contributed by atoms with Crippen LogP contribution in [-0.2, 0) is 4.79 Å². The van der Waals surface area contributed by atoms with Crippen LogP contribution in [0.25, 0.3) is 0 Å². The molecule has 2 aromatic carbocycles. The van der Waals surface area contributed by atoms with Gasteiger partial charge in [0.2, 0.25) is 0 Å². The maximum absolute atomic E-state index is 11.8. The first-order valence-electron chi connectivity index (χ1n) is 7.43. The predicted octanol–water partition coefficient (Wildman–Crippen LogP) is 4.05. The van der Waals surface area contributed by atoms with Crippen LogP contribution in [0.3, 0.4) is 0 Å². The van der Waals surface area contributed by atoms with Crippen LogP contribution in [0, 0.1) is 24.0 Å². The molecule has 0 aliphatic carbocycles. The SMILES string of the molecule is Cc1cc(OCC(=O)N/N=C\c2ccc([N+](=O)[O-])c(Cl)c2)cc(C)c1Cl. The normalized spacial score (nSPS) is 10.8. The molecule has 0 bridgehead atoms. The Balaban J connectivity index is 1.90. The molecule has 0 radical (unpaired) electrons. The van der Waals surface area contributed by atoms with Crippen molar-refractivity contribution in [2.45, 2.75) is 13.8 Å². The number of carbonyl (C=O) groups is 1. The first-order valence-corrected chi connectivity index (χ1v) is 8.19. The second-order valence-electron chi connectivity index (χ2n) is 5.42. The highest BCUT2D eigenvalue weighted by Crippen LogP contribution is 2.26. The lowest BCUT2D eigenvalue weighted by Crippen LogP contribution is -2.24. The number of carbonyl (C=O) groups excluding carboxylic acids is 1. The number of nitrogens with zero attached hydrogens (tertiary/aromatic N) is 2. The van der Waals surface area contributed by atoms with E-state index in [1.807, 2.05) is 13.8 Å². The lowest BCUT2D eigenvalue weighted by Gasteiger charge is -2.09. The lowest BCUT2D eigenvalue weighted by atomic mass is 10.1. The van der Waals surface area contributed by atoms with Crippen molar-refractivity contribution in [3.63, 3.8) is 0 Å². The standard InChI is InChI=1S/C17H15Cl2N3O4/c1-10-5-13(6-11(2)17(10)19)26-9-16(23)21-20-8-12-3-4-15(22(24)25)14(18)7-12/h3-8H,9H2,1-2H3,(H,21,23)/b20-8-. The van der Waals surface area contributed by atoms with Gasteiger partial charge in [-0.05, 0) is 54.8 Å². The molecule has 2 aromatic rings. The van der Waals surface area contributed by atoms with Crippen LogP contribution >= 0.6 is 23.2 Å². The van der Waals surface area contributed by atoms with Crippen molar-refractivity contribution in [1.29, 1.82) is 0 Å². The number of rotatable bonds is 6. The maximum Gasteiger partial charge on any atom is 0.287 e. The van der Waals surface area contributed by atoms with Gasteiger partial charge in [-0.15, -0.1) is 0 Å². The Morgan fingerprint density at radius 2 is 1.92 bits per heavy atom. The number of nitro benzene ring substituents is 1. The number of aryl methyl sites for hydroxylation is 2. The van der Waals surface area contributed by atoms with Gasteiger partial charge in [-0.1, -0.05) is 23.2 Å². The maximum atomic E-state index is 11.8. The van der Waals surface area contributed by atoms with Gasteiger partial charge in [0.1, 0.15) is 10.8 Å². The van der Waals surface area contributed by atoms with Gasteiger partial charge in [0.25, 0.3) is 11.6 Å². The van der Waals surface area contributed by atoms with Gasteiger partial charge in [0, 0.05) is 11.1 Å². The number of nitrogens with one attached hydrogen (secondary N) is 1. The van der Waals surface area contributed by atoms with Crippen LogP contribution in [0.15, 0.2) is 35.4 Å². The number of benzene rings is 2. The molecule has 0 saturated heterocycles. The molecule has 0 spiro atoms. The van der Waals surface area contributed by atoms with E-state index in [1.54, 1.807) is 12.1 Å². The van der Waals surface area contributed by atoms with E-state index in [0.29, 0.717) is 16.3 Å². The van der Waals surface area contributed by atoms with Crippen molar-refractivity contribution in [2.24, 2.45) is 5.10 Å². The summed E-state index contributed by atoms with van der Waals surface area (Å²) in [6.07, 6.45) is 1.32. The van der Waals surface area contributed by atoms with Gasteiger partial charge < -0.3 is 4.74 Å². The van der Waals surface area contributed by atoms with Crippen molar-refractivity contribution in [1.82, 2.24) is 5.43 Å². The molecule has 0 aliphatic heterocycles. The average molecular weight is 396 g/mol. The molecule has 0 fully saturated rings. The van der Waals surface area contributed by atoms with Crippen LogP contribution in [0.4, 0.5) is 5.69 Å². The third-order valence-corrected chi connectivity index (χ3v) is 4.25. The molecule has 1 amide bonds. The summed E-state index contributed by atoms with van der Waals surface area (Å²) in [5, 5.41) is 15.1. The summed E-state index contributed by atoms with van der Waals surface area (Å²) in [7, 11) is 0. The second-order valence-corrected chi connectivity index (χ2v) is 6.21. The summed E-state index contributed by atoms with van der Waals surface area (Å²) < 4.78 is 5.41. The van der Waals surface area contributed by atoms with Crippen molar-refractivity contribution in [2.75, 3.05) is 6.61 Å². The Labute approximate surface area is 159 Å². The summed E-state index contributed by atoms with van der Waals surface area (Å²) in [4.78, 5) is 21.9. The Hall–Kier alpha value is -2.64. The van der Waals surface area contributed by atoms with E-state index in [1.165, 1.54) is 24.4 Å². The van der Waals surface area contributed by atoms with Crippen LogP contribution in [0.2, 0.25) is 10.0 Å². The fraction of sp³-hybridized carbons (Fsp3) is 0.176. The van der Waals surface area contributed by atoms with E-state index in [4.69, 9.17) is 27.9 Å². The molecular weight excluding hydrogens is 381 g/mol. The van der Waals surface area contributed by atoms with Crippen molar-refractivity contribution in [3.8, 4) is 5.75 Å². The molecule has 0 aromatic heterocycles. The average Bonchev–Trinajstić information content (AvgIpc) is 2.57. The van der Waals surface area contributed by atoms with Gasteiger partial charge in [-0.25, -0.2) is 5.43 Å². The van der Waals surface area contributed by atoms with E-state index in [9.17, 15) is 14.9 Å². The highest BCUT2D eigenvalue weighted by Gasteiger charge is 2.11. The van der Waals surface area contributed by atoms with Crippen LogP contribution in [0.1, 0.15) is 16.7 Å². The first kappa shape index (κ1) is 19.7. The monoisotopic (exact) mass is 395 g/mol. The molecule has 7 nitrogen and oxygen atoms in total. The molecule has 136 valence electrons. The predicted molar refractivity (Wildman–Crippen MR) is 100 cm³/mol. The topological polar surface area (TPSA) is 93.8 Å². The smallest absolute Gasteiger partial charge is 0.287 e. The summed E-state index contributed by atoms with van der Waals surface area (Å²) in [5.74, 6) is 0.0743. The molecule has 0 aliphatic rings. The van der Waals surface area contributed by atoms with Crippen molar-refractivity contribution < 1.29 is 14.5 Å². The largest absolute Gasteiger partial charge is 0.484 e. The zero-order valence-electron chi connectivity index (χ0n) is 14.0. The molecular formula is C17H15Cl2N3O4. The fourth-order valence-corrected chi connectivity index (χ4v) is 2.47. The van der Waals surface area contributed by atoms with E-state index < -0.39 is 10.8 Å². The highest BCUT2D eigenvalue weighted by atomic mass is 35.5. The van der Waals surface area contributed by atoms with Gasteiger partial charge >= 0.3 is 0 Å². The number of nitro groups is 1. The van der Waals surface area contributed by atoms with E-state index in [-0.39, 0.29) is 17.3 Å². The van der Waals surface area contributed by atoms with Crippen LogP contribution in [0.5, 0.6) is 5.75 Å². The Morgan fingerprint density at radius 1 is 1.27 bits per heavy atom. The van der Waals surface area contributed by atoms with Gasteiger partial charge in [-0.2, -0.15) is 5.10 Å². The van der Waals surface area contributed by atoms with Gasteiger partial charge in [0.05, 0.1) is 11.1 Å². The minimum Gasteiger partial charge on any atom is -0.484 e. The summed E-state index contributed by atoms with van der Waals surface area (Å²) in [6, 6.07) is 7.59. The lowest BCUT2D eigenvalue weighted by molar-refractivity contribution is -0.384. The zero-order valence-corrected chi connectivity index (χ0v) is 15.5.